The lowest BCUT2D eigenvalue weighted by atomic mass is 10.2. The largest absolute Gasteiger partial charge is 0.414 e. The van der Waals surface area contributed by atoms with Gasteiger partial charge in [-0.15, -0.1) is 0 Å². The number of aromatic nitrogens is 2. The summed E-state index contributed by atoms with van der Waals surface area (Å²) in [4.78, 5) is 25.7. The van der Waals surface area contributed by atoms with Crippen LogP contribution in [0.2, 0.25) is 18.1 Å². The fourth-order valence-electron chi connectivity index (χ4n) is 5.33. The van der Waals surface area contributed by atoms with Gasteiger partial charge >= 0.3 is 6.03 Å². The number of fused-ring (bicyclic) bond motifs is 2. The van der Waals surface area contributed by atoms with Gasteiger partial charge < -0.3 is 18.9 Å². The number of carbonyl (C=O) groups excluding carboxylic acids is 2. The zero-order valence-corrected chi connectivity index (χ0v) is 24.7. The van der Waals surface area contributed by atoms with E-state index < -0.39 is 14.3 Å². The Labute approximate surface area is 230 Å². The molecule has 0 spiro atoms. The summed E-state index contributed by atoms with van der Waals surface area (Å²) in [6, 6.07) is 15.5. The lowest BCUT2D eigenvalue weighted by Gasteiger charge is -2.38. The minimum Gasteiger partial charge on any atom is -0.414 e. The number of hydrogen-bond donors (Lipinski definition) is 3. The van der Waals surface area contributed by atoms with Crippen LogP contribution in [0.15, 0.2) is 60.9 Å². The van der Waals surface area contributed by atoms with Crippen molar-refractivity contribution in [3.05, 3.63) is 66.5 Å². The molecule has 2 heterocycles. The number of nitrogens with one attached hydrogen (secondary N) is 3. The molecule has 8 nitrogen and oxygen atoms in total. The summed E-state index contributed by atoms with van der Waals surface area (Å²) in [6.45, 7) is 11.5. The van der Waals surface area contributed by atoms with E-state index in [0.29, 0.717) is 17.3 Å². The number of nitrogens with zero attached hydrogens (tertiary/aromatic N) is 2. The molecule has 9 heteroatoms. The monoisotopic (exact) mass is 545 g/mol. The van der Waals surface area contributed by atoms with E-state index in [-0.39, 0.29) is 17.0 Å². The van der Waals surface area contributed by atoms with Crippen molar-refractivity contribution in [3.8, 4) is 0 Å². The van der Waals surface area contributed by atoms with Crippen molar-refractivity contribution < 1.29 is 14.0 Å². The third kappa shape index (κ3) is 5.33. The zero-order valence-electron chi connectivity index (χ0n) is 23.7. The van der Waals surface area contributed by atoms with Crippen LogP contribution in [0.25, 0.3) is 21.8 Å². The van der Waals surface area contributed by atoms with Crippen molar-refractivity contribution >= 4 is 47.7 Å². The Morgan fingerprint density at radius 2 is 1.59 bits per heavy atom. The van der Waals surface area contributed by atoms with Gasteiger partial charge in [-0.1, -0.05) is 57.2 Å². The van der Waals surface area contributed by atoms with Gasteiger partial charge in [0.2, 0.25) is 0 Å². The first kappa shape index (κ1) is 27.0. The maximum atomic E-state index is 12.8. The van der Waals surface area contributed by atoms with Crippen LogP contribution >= 0.6 is 0 Å². The fourth-order valence-corrected chi connectivity index (χ4v) is 6.74. The molecule has 2 aromatic carbocycles. The van der Waals surface area contributed by atoms with Crippen molar-refractivity contribution in [1.82, 2.24) is 20.0 Å². The van der Waals surface area contributed by atoms with Crippen molar-refractivity contribution in [2.45, 2.75) is 70.3 Å². The summed E-state index contributed by atoms with van der Waals surface area (Å²) in [5, 5.41) is 4.90. The third-order valence-electron chi connectivity index (χ3n) is 8.44. The predicted molar refractivity (Wildman–Crippen MR) is 159 cm³/mol. The summed E-state index contributed by atoms with van der Waals surface area (Å²) in [7, 11) is 0.0517. The minimum absolute atomic E-state index is 0.179. The zero-order chi connectivity index (χ0) is 27.9. The summed E-state index contributed by atoms with van der Waals surface area (Å²) in [5.41, 5.74) is 8.28. The average molecular weight is 546 g/mol. The van der Waals surface area contributed by atoms with Gasteiger partial charge in [-0.25, -0.2) is 10.2 Å². The molecule has 0 unspecified atom stereocenters. The Hall–Kier alpha value is -3.56. The number of anilines is 1. The van der Waals surface area contributed by atoms with E-state index in [0.717, 1.165) is 41.1 Å². The number of aryl methyl sites for hydroxylation is 1. The summed E-state index contributed by atoms with van der Waals surface area (Å²) in [6.07, 6.45) is 7.05. The number of urea groups is 1. The quantitative estimate of drug-likeness (QED) is 0.192. The molecule has 2 aromatic heterocycles. The Balaban J connectivity index is 1.27. The first-order valence-corrected chi connectivity index (χ1v) is 16.5. The molecule has 0 saturated heterocycles. The van der Waals surface area contributed by atoms with Crippen molar-refractivity contribution in [2.75, 3.05) is 5.32 Å². The van der Waals surface area contributed by atoms with Gasteiger partial charge in [-0.05, 0) is 49.5 Å². The molecule has 2 atom stereocenters. The maximum absolute atomic E-state index is 12.8. The second kappa shape index (κ2) is 10.2. The normalized spacial score (nSPS) is 18.0. The van der Waals surface area contributed by atoms with E-state index in [1.807, 2.05) is 60.3 Å². The summed E-state index contributed by atoms with van der Waals surface area (Å²) in [5.74, 6) is -0.372. The minimum atomic E-state index is -1.84. The van der Waals surface area contributed by atoms with Gasteiger partial charge in [0.15, 0.2) is 8.32 Å². The number of amides is 3. The molecule has 4 aromatic rings. The number of hydrazine groups is 1. The van der Waals surface area contributed by atoms with Crippen molar-refractivity contribution in [2.24, 2.45) is 7.05 Å². The average Bonchev–Trinajstić information content (AvgIpc) is 3.58. The highest BCUT2D eigenvalue weighted by atomic mass is 28.4. The van der Waals surface area contributed by atoms with E-state index in [1.54, 1.807) is 6.20 Å². The molecule has 0 radical (unpaired) electrons. The SMILES string of the molecule is Cn1cc(C(=O)NNC(=O)Nc2cn([C@H]3CC[C@@H](O[Si](C)(C)C(C)(C)C)C3)c3ccccc23)c2ccccc21. The summed E-state index contributed by atoms with van der Waals surface area (Å²) >= 11 is 0. The summed E-state index contributed by atoms with van der Waals surface area (Å²) < 4.78 is 10.9. The van der Waals surface area contributed by atoms with Gasteiger partial charge in [-0.3, -0.25) is 10.2 Å². The lowest BCUT2D eigenvalue weighted by Crippen LogP contribution is -2.43. The molecule has 0 aliphatic heterocycles. The van der Waals surface area contributed by atoms with Crippen LogP contribution in [0.4, 0.5) is 10.5 Å². The number of hydrogen-bond acceptors (Lipinski definition) is 3. The number of para-hydroxylation sites is 2. The van der Waals surface area contributed by atoms with Crippen LogP contribution in [-0.4, -0.2) is 35.5 Å². The first-order valence-electron chi connectivity index (χ1n) is 13.6. The molecule has 0 bridgehead atoms. The first-order chi connectivity index (χ1) is 18.4. The van der Waals surface area contributed by atoms with Gasteiger partial charge in [-0.2, -0.15) is 0 Å². The fraction of sp³-hybridized carbons (Fsp3) is 0.400. The van der Waals surface area contributed by atoms with Crippen LogP contribution < -0.4 is 16.2 Å². The number of rotatable bonds is 5. The van der Waals surface area contributed by atoms with Crippen LogP contribution in [0.3, 0.4) is 0 Å². The Morgan fingerprint density at radius 3 is 2.31 bits per heavy atom. The molecule has 1 saturated carbocycles. The molecule has 3 N–H and O–H groups in total. The Bertz CT molecular complexity index is 1530. The van der Waals surface area contributed by atoms with E-state index in [2.05, 4.69) is 60.7 Å². The Morgan fingerprint density at radius 1 is 0.923 bits per heavy atom. The molecule has 206 valence electrons. The van der Waals surface area contributed by atoms with Gasteiger partial charge in [0.1, 0.15) is 0 Å². The highest BCUT2D eigenvalue weighted by Crippen LogP contribution is 2.42. The van der Waals surface area contributed by atoms with Gasteiger partial charge in [0, 0.05) is 47.9 Å². The van der Waals surface area contributed by atoms with Crippen LogP contribution in [0.1, 0.15) is 56.4 Å². The predicted octanol–water partition coefficient (Wildman–Crippen LogP) is 6.71. The topological polar surface area (TPSA) is 89.3 Å². The van der Waals surface area contributed by atoms with Crippen molar-refractivity contribution in [1.29, 1.82) is 0 Å². The van der Waals surface area contributed by atoms with E-state index in [4.69, 9.17) is 4.43 Å². The highest BCUT2D eigenvalue weighted by molar-refractivity contribution is 6.74. The molecular formula is C30H39N5O3Si. The van der Waals surface area contributed by atoms with E-state index in [9.17, 15) is 9.59 Å². The maximum Gasteiger partial charge on any atom is 0.337 e. The smallest absolute Gasteiger partial charge is 0.337 e. The molecule has 39 heavy (non-hydrogen) atoms. The van der Waals surface area contributed by atoms with E-state index >= 15 is 0 Å². The molecule has 1 fully saturated rings. The highest BCUT2D eigenvalue weighted by Gasteiger charge is 2.41. The molecule has 1 aliphatic rings. The standard InChI is InChI=1S/C30H39N5O3Si/c1-30(2,3)39(5,6)38-21-16-15-20(17-21)35-19-25(23-12-8-10-14-27(23)35)31-29(37)33-32-28(36)24-18-34(4)26-13-9-7-11-22(24)26/h7-14,18-21H,15-17H2,1-6H3,(H,32,36)(H2,31,33,37)/t20-,21+/m0/s1. The molecule has 1 aliphatic carbocycles. The Kier molecular flexibility index (Phi) is 7.07. The van der Waals surface area contributed by atoms with Gasteiger partial charge in [0.05, 0.1) is 16.8 Å². The number of benzene rings is 2. The van der Waals surface area contributed by atoms with Crippen LogP contribution in [-0.2, 0) is 11.5 Å². The van der Waals surface area contributed by atoms with Gasteiger partial charge in [0.25, 0.3) is 5.91 Å². The van der Waals surface area contributed by atoms with E-state index in [1.165, 1.54) is 0 Å². The van der Waals surface area contributed by atoms with Crippen LogP contribution in [0.5, 0.6) is 0 Å². The molecular weight excluding hydrogens is 506 g/mol. The second-order valence-corrected chi connectivity index (χ2v) is 16.9. The molecule has 5 rings (SSSR count). The van der Waals surface area contributed by atoms with Crippen molar-refractivity contribution in [3.63, 3.8) is 0 Å². The second-order valence-electron chi connectivity index (χ2n) is 12.1. The molecule has 3 amide bonds. The lowest BCUT2D eigenvalue weighted by molar-refractivity contribution is 0.0939. The van der Waals surface area contributed by atoms with Crippen LogP contribution in [0, 0.1) is 0 Å². The third-order valence-corrected chi connectivity index (χ3v) is 13.0. The number of carbonyl (C=O) groups is 2.